The number of nitrogens with zero attached hydrogens (tertiary/aromatic N) is 1. The molecule has 0 amide bonds. The standard InChI is InChI=1S/C52H43N/c1-52(2,3)42-22-25-43(26-23-42)53(51-45-17-11-10-16-36(45)21-27-46(51)35-14-8-5-9-15-35)44-24-20-39-31-48-47-30-38-19-18-37(34-12-6-4-7-13-34)28-40(38)32-49(47)50(48)33-41(39)29-44/h4-9,12-15,18-33H,10-11,16-17H2,1-3H3. The zero-order valence-electron chi connectivity index (χ0n) is 30.8. The summed E-state index contributed by atoms with van der Waals surface area (Å²) >= 11 is 0. The summed E-state index contributed by atoms with van der Waals surface area (Å²) in [5.74, 6) is 0. The third-order valence-electron chi connectivity index (χ3n) is 11.7. The summed E-state index contributed by atoms with van der Waals surface area (Å²) in [5.41, 5.74) is 18.6. The van der Waals surface area contributed by atoms with Gasteiger partial charge in [-0.2, -0.15) is 0 Å². The van der Waals surface area contributed by atoms with Crippen LogP contribution < -0.4 is 4.90 Å². The van der Waals surface area contributed by atoms with E-state index in [9.17, 15) is 0 Å². The van der Waals surface area contributed by atoms with Crippen molar-refractivity contribution in [2.75, 3.05) is 4.90 Å². The highest BCUT2D eigenvalue weighted by atomic mass is 15.1. The van der Waals surface area contributed by atoms with Gasteiger partial charge in [0.05, 0.1) is 5.69 Å². The second-order valence-corrected chi connectivity index (χ2v) is 16.1. The lowest BCUT2D eigenvalue weighted by atomic mass is 9.77. The minimum atomic E-state index is 0.0834. The van der Waals surface area contributed by atoms with Gasteiger partial charge in [-0.05, 0) is 163 Å². The molecule has 8 aromatic rings. The first kappa shape index (κ1) is 31.8. The predicted octanol–water partition coefficient (Wildman–Crippen LogP) is 14.6. The molecule has 1 heteroatoms. The number of fused-ring (bicyclic) bond motifs is 7. The zero-order valence-corrected chi connectivity index (χ0v) is 30.8. The molecule has 0 aliphatic heterocycles. The van der Waals surface area contributed by atoms with Crippen LogP contribution in [-0.2, 0) is 18.3 Å². The van der Waals surface area contributed by atoms with E-state index >= 15 is 0 Å². The van der Waals surface area contributed by atoms with Gasteiger partial charge in [0, 0.05) is 16.9 Å². The Balaban J connectivity index is 1.13. The fraction of sp³-hybridized carbons (Fsp3) is 0.154. The third kappa shape index (κ3) is 5.46. The van der Waals surface area contributed by atoms with Crippen molar-refractivity contribution >= 4 is 38.6 Å². The molecule has 1 nitrogen and oxygen atoms in total. The van der Waals surface area contributed by atoms with Crippen LogP contribution in [0.4, 0.5) is 17.1 Å². The smallest absolute Gasteiger partial charge is 0.0574 e. The Morgan fingerprint density at radius 2 is 0.981 bits per heavy atom. The van der Waals surface area contributed by atoms with E-state index < -0.39 is 0 Å². The summed E-state index contributed by atoms with van der Waals surface area (Å²) in [5, 5.41) is 5.13. The van der Waals surface area contributed by atoms with E-state index in [1.54, 1.807) is 0 Å². The molecule has 0 N–H and O–H groups in total. The zero-order chi connectivity index (χ0) is 35.7. The minimum Gasteiger partial charge on any atom is -0.310 e. The summed E-state index contributed by atoms with van der Waals surface area (Å²) in [6, 6.07) is 59.4. The van der Waals surface area contributed by atoms with E-state index in [-0.39, 0.29) is 5.41 Å². The van der Waals surface area contributed by atoms with E-state index in [1.807, 2.05) is 0 Å². The Morgan fingerprint density at radius 1 is 0.415 bits per heavy atom. The fourth-order valence-electron chi connectivity index (χ4n) is 8.79. The number of anilines is 3. The highest BCUT2D eigenvalue weighted by molar-refractivity contribution is 6.12. The van der Waals surface area contributed by atoms with E-state index in [1.165, 1.54) is 113 Å². The molecular formula is C52H43N. The maximum absolute atomic E-state index is 2.56. The quantitative estimate of drug-likeness (QED) is 0.175. The summed E-state index contributed by atoms with van der Waals surface area (Å²) in [4.78, 5) is 2.56. The van der Waals surface area contributed by atoms with Gasteiger partial charge in [0.15, 0.2) is 0 Å². The first-order chi connectivity index (χ1) is 25.9. The Bertz CT molecular complexity index is 2680. The molecule has 2 aliphatic rings. The molecule has 0 fully saturated rings. The second kappa shape index (κ2) is 12.3. The van der Waals surface area contributed by atoms with Crippen LogP contribution in [-0.4, -0.2) is 0 Å². The maximum Gasteiger partial charge on any atom is 0.0574 e. The highest BCUT2D eigenvalue weighted by Crippen LogP contribution is 2.52. The van der Waals surface area contributed by atoms with Gasteiger partial charge in [-0.15, -0.1) is 0 Å². The van der Waals surface area contributed by atoms with Gasteiger partial charge in [0.2, 0.25) is 0 Å². The molecule has 10 rings (SSSR count). The lowest BCUT2D eigenvalue weighted by molar-refractivity contribution is 0.590. The largest absolute Gasteiger partial charge is 0.310 e. The summed E-state index contributed by atoms with van der Waals surface area (Å²) in [6.07, 6.45) is 4.71. The van der Waals surface area contributed by atoms with Gasteiger partial charge in [-0.25, -0.2) is 0 Å². The van der Waals surface area contributed by atoms with Crippen LogP contribution in [0, 0.1) is 0 Å². The van der Waals surface area contributed by atoms with E-state index in [0.29, 0.717) is 0 Å². The number of benzene rings is 8. The minimum absolute atomic E-state index is 0.0834. The highest BCUT2D eigenvalue weighted by Gasteiger charge is 2.27. The van der Waals surface area contributed by atoms with Crippen molar-refractivity contribution in [2.24, 2.45) is 0 Å². The predicted molar refractivity (Wildman–Crippen MR) is 227 cm³/mol. The first-order valence-corrected chi connectivity index (χ1v) is 19.2. The third-order valence-corrected chi connectivity index (χ3v) is 11.7. The molecule has 0 radical (unpaired) electrons. The molecule has 256 valence electrons. The summed E-state index contributed by atoms with van der Waals surface area (Å²) in [7, 11) is 0. The molecule has 0 bridgehead atoms. The average Bonchev–Trinajstić information content (AvgIpc) is 3.20. The van der Waals surface area contributed by atoms with Crippen molar-refractivity contribution in [2.45, 2.75) is 51.9 Å². The molecule has 0 saturated heterocycles. The van der Waals surface area contributed by atoms with Crippen LogP contribution in [0.15, 0.2) is 158 Å². The van der Waals surface area contributed by atoms with Gasteiger partial charge < -0.3 is 4.90 Å². The fourth-order valence-corrected chi connectivity index (χ4v) is 8.79. The molecule has 2 aliphatic carbocycles. The monoisotopic (exact) mass is 681 g/mol. The molecule has 0 unspecified atom stereocenters. The van der Waals surface area contributed by atoms with Gasteiger partial charge in [-0.1, -0.05) is 124 Å². The van der Waals surface area contributed by atoms with E-state index in [0.717, 1.165) is 12.8 Å². The SMILES string of the molecule is CC(C)(C)c1ccc(N(c2ccc3cc4c(cc3c2)-c2cc3cc(-c5ccccc5)ccc3cc2-4)c2c(-c3ccccc3)ccc3c2CCCC3)cc1. The van der Waals surface area contributed by atoms with Crippen molar-refractivity contribution in [3.05, 3.63) is 174 Å². The molecule has 0 saturated carbocycles. The van der Waals surface area contributed by atoms with Crippen molar-refractivity contribution in [1.82, 2.24) is 0 Å². The van der Waals surface area contributed by atoms with Crippen LogP contribution in [0.2, 0.25) is 0 Å². The van der Waals surface area contributed by atoms with Crippen molar-refractivity contribution < 1.29 is 0 Å². The van der Waals surface area contributed by atoms with Gasteiger partial charge in [0.25, 0.3) is 0 Å². The van der Waals surface area contributed by atoms with Gasteiger partial charge in [0.1, 0.15) is 0 Å². The van der Waals surface area contributed by atoms with E-state index in [4.69, 9.17) is 0 Å². The lowest BCUT2D eigenvalue weighted by Gasteiger charge is -2.33. The molecule has 8 aromatic carbocycles. The molecule has 53 heavy (non-hydrogen) atoms. The Morgan fingerprint density at radius 3 is 1.64 bits per heavy atom. The number of rotatable bonds is 5. The average molecular weight is 682 g/mol. The molecule has 0 heterocycles. The molecule has 0 aromatic heterocycles. The maximum atomic E-state index is 2.56. The number of hydrogen-bond acceptors (Lipinski definition) is 1. The first-order valence-electron chi connectivity index (χ1n) is 19.2. The van der Waals surface area contributed by atoms with Gasteiger partial charge in [-0.3, -0.25) is 0 Å². The van der Waals surface area contributed by atoms with Crippen LogP contribution >= 0.6 is 0 Å². The summed E-state index contributed by atoms with van der Waals surface area (Å²) < 4.78 is 0. The Hall–Kier alpha value is -5.92. The van der Waals surface area contributed by atoms with Crippen molar-refractivity contribution in [1.29, 1.82) is 0 Å². The Labute approximate surface area is 313 Å². The molecule has 0 atom stereocenters. The summed E-state index contributed by atoms with van der Waals surface area (Å²) in [6.45, 7) is 6.88. The van der Waals surface area contributed by atoms with Crippen LogP contribution in [0.1, 0.15) is 50.3 Å². The van der Waals surface area contributed by atoms with Crippen LogP contribution in [0.3, 0.4) is 0 Å². The van der Waals surface area contributed by atoms with Crippen molar-refractivity contribution in [3.8, 4) is 44.5 Å². The molecular weight excluding hydrogens is 639 g/mol. The number of aryl methyl sites for hydroxylation is 1. The Kier molecular flexibility index (Phi) is 7.41. The topological polar surface area (TPSA) is 3.24 Å². The normalized spacial score (nSPS) is 13.3. The van der Waals surface area contributed by atoms with Gasteiger partial charge >= 0.3 is 0 Å². The molecule has 0 spiro atoms. The second-order valence-electron chi connectivity index (χ2n) is 16.1. The van der Waals surface area contributed by atoms with E-state index in [2.05, 4.69) is 183 Å². The van der Waals surface area contributed by atoms with Crippen molar-refractivity contribution in [3.63, 3.8) is 0 Å². The van der Waals surface area contributed by atoms with Crippen LogP contribution in [0.25, 0.3) is 66.1 Å². The van der Waals surface area contributed by atoms with Crippen LogP contribution in [0.5, 0.6) is 0 Å². The number of hydrogen-bond donors (Lipinski definition) is 0. The lowest BCUT2D eigenvalue weighted by Crippen LogP contribution is -2.17.